The van der Waals surface area contributed by atoms with Crippen LogP contribution in [-0.4, -0.2) is 34.9 Å². The second kappa shape index (κ2) is 43.8. The monoisotopic (exact) mass is 728 g/mol. The minimum atomic E-state index is -0.870. The normalized spacial score (nSPS) is 13.4. The average molecular weight is 728 g/mol. The first kappa shape index (κ1) is 50.4. The molecule has 52 heavy (non-hydrogen) atoms. The Bertz CT molecular complexity index is 831. The molecule has 0 aliphatic heterocycles. The summed E-state index contributed by atoms with van der Waals surface area (Å²) in [6.07, 6.45) is 59.4. The minimum absolute atomic E-state index is 0.0788. The fourth-order valence-corrected chi connectivity index (χ4v) is 6.73. The SMILES string of the molecule is CCCCCCCCC/C=C/CC/C=C/CC/C=C/C(O)C(CO)NC(=O)CCCCCCCCCCCCC/C=C\CCCCCCCCCC. The summed E-state index contributed by atoms with van der Waals surface area (Å²) in [6.45, 7) is 4.29. The van der Waals surface area contributed by atoms with E-state index in [4.69, 9.17) is 0 Å². The van der Waals surface area contributed by atoms with E-state index in [0.717, 1.165) is 38.5 Å². The van der Waals surface area contributed by atoms with E-state index in [-0.39, 0.29) is 12.5 Å². The van der Waals surface area contributed by atoms with Crippen LogP contribution in [0.15, 0.2) is 48.6 Å². The lowest BCUT2D eigenvalue weighted by Gasteiger charge is -2.19. The zero-order valence-corrected chi connectivity index (χ0v) is 34.8. The van der Waals surface area contributed by atoms with E-state index in [1.54, 1.807) is 6.08 Å². The molecule has 4 nitrogen and oxygen atoms in total. The highest BCUT2D eigenvalue weighted by Gasteiger charge is 2.17. The number of carbonyl (C=O) groups excluding carboxylic acids is 1. The third-order valence-electron chi connectivity index (χ3n) is 10.3. The topological polar surface area (TPSA) is 69.6 Å². The van der Waals surface area contributed by atoms with Crippen molar-refractivity contribution in [1.29, 1.82) is 0 Å². The number of hydrogen-bond donors (Lipinski definition) is 3. The highest BCUT2D eigenvalue weighted by atomic mass is 16.3. The van der Waals surface area contributed by atoms with Crippen LogP contribution >= 0.6 is 0 Å². The van der Waals surface area contributed by atoms with Crippen LogP contribution in [0.4, 0.5) is 0 Å². The van der Waals surface area contributed by atoms with E-state index in [1.165, 1.54) is 173 Å². The number of nitrogens with one attached hydrogen (secondary N) is 1. The highest BCUT2D eigenvalue weighted by molar-refractivity contribution is 5.76. The van der Waals surface area contributed by atoms with E-state index < -0.39 is 12.1 Å². The molecule has 2 atom stereocenters. The summed E-state index contributed by atoms with van der Waals surface area (Å²) in [7, 11) is 0. The Morgan fingerprint density at radius 1 is 0.442 bits per heavy atom. The number of amides is 1. The van der Waals surface area contributed by atoms with Crippen LogP contribution in [0.5, 0.6) is 0 Å². The Kier molecular flexibility index (Phi) is 42.4. The fraction of sp³-hybridized carbons (Fsp3) is 0.812. The van der Waals surface area contributed by atoms with Gasteiger partial charge in [0.2, 0.25) is 5.91 Å². The fourth-order valence-electron chi connectivity index (χ4n) is 6.73. The third-order valence-corrected chi connectivity index (χ3v) is 10.3. The van der Waals surface area contributed by atoms with E-state index in [0.29, 0.717) is 6.42 Å². The van der Waals surface area contributed by atoms with Crippen LogP contribution in [0.3, 0.4) is 0 Å². The van der Waals surface area contributed by atoms with Gasteiger partial charge >= 0.3 is 0 Å². The molecule has 0 heterocycles. The number of unbranched alkanes of at least 4 members (excludes halogenated alkanes) is 28. The predicted octanol–water partition coefficient (Wildman–Crippen LogP) is 14.4. The molecule has 0 aliphatic carbocycles. The molecule has 0 saturated carbocycles. The lowest BCUT2D eigenvalue weighted by molar-refractivity contribution is -0.123. The van der Waals surface area contributed by atoms with Crippen LogP contribution in [0.25, 0.3) is 0 Å². The van der Waals surface area contributed by atoms with E-state index in [9.17, 15) is 15.0 Å². The molecule has 3 N–H and O–H groups in total. The van der Waals surface area contributed by atoms with Crippen LogP contribution in [0.2, 0.25) is 0 Å². The Morgan fingerprint density at radius 3 is 1.12 bits per heavy atom. The maximum absolute atomic E-state index is 12.4. The number of carbonyl (C=O) groups is 1. The van der Waals surface area contributed by atoms with Crippen molar-refractivity contribution in [3.63, 3.8) is 0 Å². The molecule has 304 valence electrons. The van der Waals surface area contributed by atoms with Gasteiger partial charge in [0.15, 0.2) is 0 Å². The quantitative estimate of drug-likeness (QED) is 0.0434. The van der Waals surface area contributed by atoms with Gasteiger partial charge in [-0.3, -0.25) is 4.79 Å². The average Bonchev–Trinajstić information content (AvgIpc) is 3.15. The molecule has 0 rings (SSSR count). The molecule has 0 radical (unpaired) electrons. The molecule has 0 aromatic carbocycles. The molecule has 2 unspecified atom stereocenters. The van der Waals surface area contributed by atoms with Gasteiger partial charge in [-0.05, 0) is 70.6 Å². The van der Waals surface area contributed by atoms with Crippen molar-refractivity contribution in [2.75, 3.05) is 6.61 Å². The van der Waals surface area contributed by atoms with E-state index >= 15 is 0 Å². The Balaban J connectivity index is 3.60. The van der Waals surface area contributed by atoms with Crippen LogP contribution in [-0.2, 0) is 4.79 Å². The molecule has 0 saturated heterocycles. The second-order valence-corrected chi connectivity index (χ2v) is 15.4. The molecule has 4 heteroatoms. The maximum Gasteiger partial charge on any atom is 0.220 e. The first-order chi connectivity index (χ1) is 25.7. The first-order valence-corrected chi connectivity index (χ1v) is 22.9. The van der Waals surface area contributed by atoms with E-state index in [2.05, 4.69) is 55.6 Å². The van der Waals surface area contributed by atoms with Crippen molar-refractivity contribution >= 4 is 5.91 Å². The molecular weight excluding hydrogens is 639 g/mol. The molecule has 0 aromatic rings. The molecule has 0 spiro atoms. The van der Waals surface area contributed by atoms with Gasteiger partial charge in [-0.15, -0.1) is 0 Å². The van der Waals surface area contributed by atoms with Gasteiger partial charge in [0.1, 0.15) is 0 Å². The van der Waals surface area contributed by atoms with Crippen molar-refractivity contribution in [3.05, 3.63) is 48.6 Å². The van der Waals surface area contributed by atoms with Crippen LogP contribution in [0.1, 0.15) is 232 Å². The number of aliphatic hydroxyl groups excluding tert-OH is 2. The van der Waals surface area contributed by atoms with Crippen molar-refractivity contribution in [1.82, 2.24) is 5.32 Å². The molecule has 0 aromatic heterocycles. The van der Waals surface area contributed by atoms with Gasteiger partial charge in [0, 0.05) is 6.42 Å². The maximum atomic E-state index is 12.4. The number of hydrogen-bond acceptors (Lipinski definition) is 3. The summed E-state index contributed by atoms with van der Waals surface area (Å²) in [5.74, 6) is -0.0788. The van der Waals surface area contributed by atoms with Crippen molar-refractivity contribution in [2.24, 2.45) is 0 Å². The lowest BCUT2D eigenvalue weighted by atomic mass is 10.0. The summed E-state index contributed by atoms with van der Waals surface area (Å²) in [6, 6.07) is -0.645. The van der Waals surface area contributed by atoms with Crippen LogP contribution < -0.4 is 5.32 Å². The summed E-state index contributed by atoms with van der Waals surface area (Å²) < 4.78 is 0. The standard InChI is InChI=1S/C48H89NO3/c1-3-5-7-9-11-13-15-17-19-21-22-23-24-25-26-28-30-32-34-36-38-40-42-44-48(52)49-46(45-50)47(51)43-41-39-37-35-33-31-29-27-20-18-16-14-12-10-8-6-4-2/h20-22,27,33,35,41,43,46-47,50-51H,3-19,23-26,28-32,34,36-40,42,44-45H2,1-2H3,(H,49,52)/b22-21-,27-20+,35-33+,43-41+. The Morgan fingerprint density at radius 2 is 0.750 bits per heavy atom. The van der Waals surface area contributed by atoms with Gasteiger partial charge in [0.05, 0.1) is 18.8 Å². The number of allylic oxidation sites excluding steroid dienone is 7. The highest BCUT2D eigenvalue weighted by Crippen LogP contribution is 2.14. The summed E-state index contributed by atoms with van der Waals surface area (Å²) in [5.41, 5.74) is 0. The zero-order valence-electron chi connectivity index (χ0n) is 34.8. The third kappa shape index (κ3) is 39.6. The second-order valence-electron chi connectivity index (χ2n) is 15.4. The Labute approximate surface area is 324 Å². The van der Waals surface area contributed by atoms with Crippen molar-refractivity contribution in [3.8, 4) is 0 Å². The van der Waals surface area contributed by atoms with Gasteiger partial charge in [-0.25, -0.2) is 0 Å². The Hall–Kier alpha value is -1.65. The number of aliphatic hydroxyl groups is 2. The summed E-state index contributed by atoms with van der Waals surface area (Å²) >= 11 is 0. The van der Waals surface area contributed by atoms with E-state index in [1.807, 2.05) is 6.08 Å². The molecule has 0 fully saturated rings. The van der Waals surface area contributed by atoms with Gasteiger partial charge in [-0.2, -0.15) is 0 Å². The lowest BCUT2D eigenvalue weighted by Crippen LogP contribution is -2.45. The summed E-state index contributed by atoms with van der Waals surface area (Å²) in [4.78, 5) is 12.4. The predicted molar refractivity (Wildman–Crippen MR) is 230 cm³/mol. The molecule has 0 bridgehead atoms. The molecule has 0 aliphatic rings. The smallest absolute Gasteiger partial charge is 0.220 e. The van der Waals surface area contributed by atoms with Crippen molar-refractivity contribution < 1.29 is 15.0 Å². The number of rotatable bonds is 41. The van der Waals surface area contributed by atoms with Crippen LogP contribution in [0, 0.1) is 0 Å². The zero-order chi connectivity index (χ0) is 37.8. The minimum Gasteiger partial charge on any atom is -0.394 e. The first-order valence-electron chi connectivity index (χ1n) is 22.9. The van der Waals surface area contributed by atoms with Crippen molar-refractivity contribution in [2.45, 2.75) is 244 Å². The van der Waals surface area contributed by atoms with Gasteiger partial charge in [0.25, 0.3) is 0 Å². The molecular formula is C48H89NO3. The molecule has 1 amide bonds. The van der Waals surface area contributed by atoms with Gasteiger partial charge < -0.3 is 15.5 Å². The summed E-state index contributed by atoms with van der Waals surface area (Å²) in [5, 5.41) is 23.0. The largest absolute Gasteiger partial charge is 0.394 e. The van der Waals surface area contributed by atoms with Gasteiger partial charge in [-0.1, -0.05) is 204 Å².